The molecule has 1 aliphatic heterocycles. The summed E-state index contributed by atoms with van der Waals surface area (Å²) in [6, 6.07) is 3.97. The van der Waals surface area contributed by atoms with Crippen LogP contribution in [0.2, 0.25) is 0 Å². The Kier molecular flexibility index (Phi) is 5.77. The molecular weight excluding hydrogens is 619 g/mol. The number of nitrogens with zero attached hydrogens (tertiary/aromatic N) is 1. The van der Waals surface area contributed by atoms with Crippen molar-refractivity contribution in [3.8, 4) is 0 Å². The normalized spacial score (nSPS) is 23.5. The van der Waals surface area contributed by atoms with Crippen LogP contribution in [0.15, 0.2) is 12.1 Å². The molecule has 0 bridgehead atoms. The first-order valence-corrected chi connectivity index (χ1v) is 10.3. The standard InChI is InChI=1S/C16H20I3NO2/c1-15(2)8-12(16(3,4)20(15)5)22-14(21)10-6-9(17)7-11(18)13(10)19/h6-7,12H,8H2,1-5H3. The number of halogens is 3. The summed E-state index contributed by atoms with van der Waals surface area (Å²) in [7, 11) is 2.10. The van der Waals surface area contributed by atoms with Gasteiger partial charge in [0.1, 0.15) is 6.10 Å². The van der Waals surface area contributed by atoms with Gasteiger partial charge < -0.3 is 4.74 Å². The Morgan fingerprint density at radius 1 is 1.23 bits per heavy atom. The fourth-order valence-electron chi connectivity index (χ4n) is 2.92. The Bertz CT molecular complexity index is 614. The Morgan fingerprint density at radius 3 is 2.32 bits per heavy atom. The molecule has 1 saturated heterocycles. The zero-order valence-electron chi connectivity index (χ0n) is 13.3. The molecule has 1 fully saturated rings. The number of hydrogen-bond donors (Lipinski definition) is 0. The van der Waals surface area contributed by atoms with E-state index >= 15 is 0 Å². The second-order valence-electron chi connectivity index (χ2n) is 6.87. The van der Waals surface area contributed by atoms with Gasteiger partial charge in [0, 0.05) is 22.7 Å². The van der Waals surface area contributed by atoms with Crippen LogP contribution in [0.4, 0.5) is 0 Å². The average Bonchev–Trinajstić information content (AvgIpc) is 2.54. The van der Waals surface area contributed by atoms with Gasteiger partial charge in [0.15, 0.2) is 0 Å². The van der Waals surface area contributed by atoms with Gasteiger partial charge >= 0.3 is 5.97 Å². The van der Waals surface area contributed by atoms with E-state index in [1.807, 2.05) is 6.07 Å². The maximum atomic E-state index is 12.7. The molecular formula is C16H20I3NO2. The van der Waals surface area contributed by atoms with Gasteiger partial charge in [0.05, 0.1) is 11.1 Å². The zero-order chi connectivity index (χ0) is 16.9. The van der Waals surface area contributed by atoms with Crippen LogP contribution in [0, 0.1) is 10.7 Å². The lowest BCUT2D eigenvalue weighted by atomic mass is 9.97. The van der Waals surface area contributed by atoms with Crippen molar-refractivity contribution in [2.75, 3.05) is 7.05 Å². The van der Waals surface area contributed by atoms with Gasteiger partial charge in [-0.25, -0.2) is 4.79 Å². The lowest BCUT2D eigenvalue weighted by Crippen LogP contribution is -2.48. The molecule has 1 unspecified atom stereocenters. The first-order valence-electron chi connectivity index (χ1n) is 7.06. The molecule has 0 aliphatic carbocycles. The molecule has 0 radical (unpaired) electrons. The van der Waals surface area contributed by atoms with E-state index in [1.54, 1.807) is 0 Å². The summed E-state index contributed by atoms with van der Waals surface area (Å²) in [5.74, 6) is -0.218. The third-order valence-electron chi connectivity index (χ3n) is 4.71. The first kappa shape index (κ1) is 19.2. The van der Waals surface area contributed by atoms with Gasteiger partial charge in [0.25, 0.3) is 0 Å². The molecule has 1 heterocycles. The maximum absolute atomic E-state index is 12.7. The SMILES string of the molecule is CN1C(C)(C)CC(OC(=O)c2cc(I)cc(I)c2I)C1(C)C. The predicted octanol–water partition coefficient (Wildman–Crippen LogP) is 4.92. The fraction of sp³-hybridized carbons (Fsp3) is 0.562. The summed E-state index contributed by atoms with van der Waals surface area (Å²) >= 11 is 6.72. The lowest BCUT2D eigenvalue weighted by molar-refractivity contribution is 0.00145. The number of hydrogen-bond acceptors (Lipinski definition) is 3. The number of carbonyl (C=O) groups excluding carboxylic acids is 1. The first-order chi connectivity index (χ1) is 9.96. The molecule has 2 rings (SSSR count). The molecule has 1 atom stereocenters. The molecule has 6 heteroatoms. The number of ether oxygens (including phenoxy) is 1. The molecule has 1 aliphatic rings. The minimum absolute atomic E-state index is 0.0289. The lowest BCUT2D eigenvalue weighted by Gasteiger charge is -2.37. The molecule has 0 N–H and O–H groups in total. The van der Waals surface area contributed by atoms with E-state index in [-0.39, 0.29) is 23.2 Å². The molecule has 0 spiro atoms. The van der Waals surface area contributed by atoms with Crippen LogP contribution in [0.1, 0.15) is 44.5 Å². The Hall–Kier alpha value is 0.840. The Morgan fingerprint density at radius 2 is 1.82 bits per heavy atom. The largest absolute Gasteiger partial charge is 0.457 e. The molecule has 3 nitrogen and oxygen atoms in total. The summed E-state index contributed by atoms with van der Waals surface area (Å²) in [6.45, 7) is 8.67. The van der Waals surface area contributed by atoms with Gasteiger partial charge in [-0.15, -0.1) is 0 Å². The third kappa shape index (κ3) is 3.58. The van der Waals surface area contributed by atoms with Crippen molar-refractivity contribution in [1.29, 1.82) is 0 Å². The van der Waals surface area contributed by atoms with Crippen molar-refractivity contribution in [2.45, 2.75) is 51.3 Å². The monoisotopic (exact) mass is 639 g/mol. The van der Waals surface area contributed by atoms with E-state index in [0.29, 0.717) is 5.56 Å². The van der Waals surface area contributed by atoms with Gasteiger partial charge in [-0.05, 0) is 115 Å². The maximum Gasteiger partial charge on any atom is 0.339 e. The van der Waals surface area contributed by atoms with Crippen molar-refractivity contribution in [3.05, 3.63) is 28.4 Å². The molecule has 1 aromatic rings. The third-order valence-corrected chi connectivity index (χ3v) is 8.38. The summed E-state index contributed by atoms with van der Waals surface area (Å²) in [6.07, 6.45) is 0.742. The van der Waals surface area contributed by atoms with E-state index in [9.17, 15) is 4.79 Å². The minimum atomic E-state index is -0.218. The van der Waals surface area contributed by atoms with Crippen LogP contribution in [0.5, 0.6) is 0 Å². The highest BCUT2D eigenvalue weighted by Crippen LogP contribution is 2.41. The van der Waals surface area contributed by atoms with Gasteiger partial charge in [-0.2, -0.15) is 0 Å². The second kappa shape index (κ2) is 6.62. The molecule has 0 aromatic heterocycles. The van der Waals surface area contributed by atoms with Crippen molar-refractivity contribution in [1.82, 2.24) is 4.90 Å². The summed E-state index contributed by atoms with van der Waals surface area (Å²) in [5, 5.41) is 0. The highest BCUT2D eigenvalue weighted by atomic mass is 127. The summed E-state index contributed by atoms with van der Waals surface area (Å²) < 4.78 is 9.02. The molecule has 0 amide bonds. The topological polar surface area (TPSA) is 29.5 Å². The van der Waals surface area contributed by atoms with Crippen molar-refractivity contribution >= 4 is 73.7 Å². The Labute approximate surface area is 173 Å². The number of likely N-dealkylation sites (N-methyl/N-ethyl adjacent to an activating group) is 1. The quantitative estimate of drug-likeness (QED) is 0.262. The van der Waals surface area contributed by atoms with Crippen LogP contribution in [-0.4, -0.2) is 35.1 Å². The van der Waals surface area contributed by atoms with Crippen molar-refractivity contribution in [3.63, 3.8) is 0 Å². The second-order valence-corrected chi connectivity index (χ2v) is 10.4. The average molecular weight is 639 g/mol. The molecule has 22 heavy (non-hydrogen) atoms. The van der Waals surface area contributed by atoms with Crippen LogP contribution in [0.3, 0.4) is 0 Å². The van der Waals surface area contributed by atoms with Gasteiger partial charge in [0.2, 0.25) is 0 Å². The van der Waals surface area contributed by atoms with E-state index in [0.717, 1.165) is 17.1 Å². The number of esters is 1. The minimum Gasteiger partial charge on any atom is -0.457 e. The van der Waals surface area contributed by atoms with Crippen LogP contribution in [-0.2, 0) is 4.74 Å². The molecule has 0 saturated carbocycles. The van der Waals surface area contributed by atoms with Gasteiger partial charge in [-0.1, -0.05) is 0 Å². The van der Waals surface area contributed by atoms with E-state index < -0.39 is 0 Å². The van der Waals surface area contributed by atoms with Crippen molar-refractivity contribution < 1.29 is 9.53 Å². The number of likely N-dealkylation sites (tertiary alicyclic amines) is 1. The highest BCUT2D eigenvalue weighted by molar-refractivity contribution is 14.1. The number of carbonyl (C=O) groups is 1. The van der Waals surface area contributed by atoms with E-state index in [1.165, 1.54) is 0 Å². The molecule has 122 valence electrons. The number of benzene rings is 1. The Balaban J connectivity index is 2.27. The van der Waals surface area contributed by atoms with Crippen molar-refractivity contribution in [2.24, 2.45) is 0 Å². The van der Waals surface area contributed by atoms with Crippen LogP contribution in [0.25, 0.3) is 0 Å². The fourth-order valence-corrected chi connectivity index (χ4v) is 5.30. The van der Waals surface area contributed by atoms with Gasteiger partial charge in [-0.3, -0.25) is 4.90 Å². The zero-order valence-corrected chi connectivity index (χ0v) is 19.8. The van der Waals surface area contributed by atoms with E-state index in [4.69, 9.17) is 4.74 Å². The number of rotatable bonds is 2. The predicted molar refractivity (Wildman–Crippen MR) is 114 cm³/mol. The van der Waals surface area contributed by atoms with Crippen LogP contribution >= 0.6 is 67.8 Å². The van der Waals surface area contributed by atoms with E-state index in [2.05, 4.69) is 113 Å². The summed E-state index contributed by atoms with van der Waals surface area (Å²) in [5.41, 5.74) is 0.529. The summed E-state index contributed by atoms with van der Waals surface area (Å²) in [4.78, 5) is 15.0. The smallest absolute Gasteiger partial charge is 0.339 e. The van der Waals surface area contributed by atoms with Crippen LogP contribution < -0.4 is 0 Å². The highest BCUT2D eigenvalue weighted by Gasteiger charge is 2.51. The molecule has 1 aromatic carbocycles.